The number of amides is 1. The van der Waals surface area contributed by atoms with Crippen molar-refractivity contribution in [3.05, 3.63) is 59.9 Å². The molecule has 0 fully saturated rings. The standard InChI is InChI=1S/C15H14N3O7PS.2Ca.4H/c1-18-13(15(19)17-12-8-4-5-9-16-12)14(25-26(20,21)22)10-6-2-3-7-11(10)27(18,23)24;;;;;;/h2-9H,1H3,(H,16,17,19)(H2,20,21,22);;;;;;. The molecule has 1 amide bonds. The predicted octanol–water partition coefficient (Wildman–Crippen LogP) is -0.700. The maximum absolute atomic E-state index is 12.7. The molecular formula is C15H18Ca2N3O7PS. The van der Waals surface area contributed by atoms with Crippen LogP contribution in [0.4, 0.5) is 5.82 Å². The molecule has 0 saturated carbocycles. The number of carbonyl (C=O) groups excluding carboxylic acids is 1. The zero-order valence-electron chi connectivity index (χ0n) is 13.8. The molecule has 0 saturated heterocycles. The zero-order valence-corrected chi connectivity index (χ0v) is 15.5. The summed E-state index contributed by atoms with van der Waals surface area (Å²) in [5, 5.41) is 2.38. The van der Waals surface area contributed by atoms with Crippen LogP contribution >= 0.6 is 7.82 Å². The monoisotopic (exact) mass is 495 g/mol. The van der Waals surface area contributed by atoms with Crippen LogP contribution in [0.15, 0.2) is 59.3 Å². The number of likely N-dealkylation sites (N-methyl/N-ethyl adjacent to an activating group) is 1. The van der Waals surface area contributed by atoms with Gasteiger partial charge in [0.2, 0.25) is 0 Å². The molecule has 0 radical (unpaired) electrons. The Balaban J connectivity index is 0.00000210. The van der Waals surface area contributed by atoms with Crippen molar-refractivity contribution in [1.82, 2.24) is 9.29 Å². The number of phosphoric ester groups is 1. The quantitative estimate of drug-likeness (QED) is 0.373. The molecule has 10 nitrogen and oxygen atoms in total. The molecule has 150 valence electrons. The second kappa shape index (κ2) is 10.4. The second-order valence-electron chi connectivity index (χ2n) is 5.40. The van der Waals surface area contributed by atoms with E-state index in [1.807, 2.05) is 0 Å². The first-order chi connectivity index (χ1) is 12.6. The van der Waals surface area contributed by atoms with E-state index < -0.39 is 35.2 Å². The number of fused-ring (bicyclic) bond motifs is 1. The second-order valence-corrected chi connectivity index (χ2v) is 8.50. The number of sulfonamides is 1. The third-order valence-electron chi connectivity index (χ3n) is 3.63. The van der Waals surface area contributed by atoms with E-state index in [9.17, 15) is 27.6 Å². The summed E-state index contributed by atoms with van der Waals surface area (Å²) >= 11 is 0. The van der Waals surface area contributed by atoms with Crippen LogP contribution in [0.25, 0.3) is 5.76 Å². The number of nitrogens with one attached hydrogen (secondary N) is 1. The summed E-state index contributed by atoms with van der Waals surface area (Å²) in [6.07, 6.45) is 1.41. The minimum atomic E-state index is -5.09. The normalized spacial score (nSPS) is 14.8. The van der Waals surface area contributed by atoms with Crippen molar-refractivity contribution in [2.45, 2.75) is 4.90 Å². The molecule has 3 rings (SSSR count). The molecule has 1 aliphatic heterocycles. The molecule has 0 bridgehead atoms. The molecule has 2 heterocycles. The van der Waals surface area contributed by atoms with Crippen molar-refractivity contribution in [3.8, 4) is 0 Å². The molecular weight excluding hydrogens is 477 g/mol. The Kier molecular flexibility index (Phi) is 9.63. The van der Waals surface area contributed by atoms with Gasteiger partial charge in [-0.1, -0.05) is 18.2 Å². The van der Waals surface area contributed by atoms with E-state index in [-0.39, 0.29) is 91.8 Å². The number of hydrogen-bond donors (Lipinski definition) is 3. The first-order valence-electron chi connectivity index (χ1n) is 7.41. The summed E-state index contributed by atoms with van der Waals surface area (Å²) in [5.41, 5.74) is -0.715. The maximum atomic E-state index is 12.7. The third kappa shape index (κ3) is 5.94. The van der Waals surface area contributed by atoms with Gasteiger partial charge in [-0.15, -0.1) is 0 Å². The molecule has 0 aliphatic carbocycles. The molecule has 1 aromatic carbocycles. The fourth-order valence-corrected chi connectivity index (χ4v) is 4.30. The number of carbonyl (C=O) groups is 1. The van der Waals surface area contributed by atoms with Crippen molar-refractivity contribution in [1.29, 1.82) is 0 Å². The van der Waals surface area contributed by atoms with Crippen LogP contribution in [-0.2, 0) is 23.9 Å². The van der Waals surface area contributed by atoms with Gasteiger partial charge in [0.1, 0.15) is 5.82 Å². The van der Waals surface area contributed by atoms with Crippen LogP contribution in [-0.4, -0.2) is 116 Å². The van der Waals surface area contributed by atoms with Crippen LogP contribution in [0.5, 0.6) is 0 Å². The summed E-state index contributed by atoms with van der Waals surface area (Å²) in [4.78, 5) is 34.9. The molecule has 0 unspecified atom stereocenters. The average Bonchev–Trinajstić information content (AvgIpc) is 2.60. The number of benzene rings is 1. The first kappa shape index (κ1) is 26.8. The number of rotatable bonds is 4. The Labute approximate surface area is 226 Å². The van der Waals surface area contributed by atoms with E-state index in [1.54, 1.807) is 12.1 Å². The number of phosphoric acid groups is 1. The molecule has 3 N–H and O–H groups in total. The summed E-state index contributed by atoms with van der Waals surface area (Å²) in [6, 6.07) is 10.1. The predicted molar refractivity (Wildman–Crippen MR) is 111 cm³/mol. The number of pyridine rings is 1. The fourth-order valence-electron chi connectivity index (χ4n) is 2.49. The van der Waals surface area contributed by atoms with E-state index in [4.69, 9.17) is 4.52 Å². The van der Waals surface area contributed by atoms with E-state index in [0.717, 1.165) is 7.05 Å². The Morgan fingerprint density at radius 3 is 2.34 bits per heavy atom. The van der Waals surface area contributed by atoms with Crippen molar-refractivity contribution in [2.75, 3.05) is 12.4 Å². The van der Waals surface area contributed by atoms with Crippen molar-refractivity contribution >= 4 is 111 Å². The summed E-state index contributed by atoms with van der Waals surface area (Å²) in [6.45, 7) is 0. The van der Waals surface area contributed by atoms with Gasteiger partial charge in [-0.25, -0.2) is 18.0 Å². The summed E-state index contributed by atoms with van der Waals surface area (Å²) in [5.74, 6) is -1.39. The number of aromatic nitrogens is 1. The molecule has 1 aromatic heterocycles. The average molecular weight is 496 g/mol. The molecule has 0 spiro atoms. The van der Waals surface area contributed by atoms with E-state index in [0.29, 0.717) is 4.31 Å². The van der Waals surface area contributed by atoms with Gasteiger partial charge < -0.3 is 9.84 Å². The van der Waals surface area contributed by atoms with Gasteiger partial charge in [0.05, 0.1) is 4.90 Å². The van der Waals surface area contributed by atoms with Crippen molar-refractivity contribution in [2.24, 2.45) is 0 Å². The van der Waals surface area contributed by atoms with Gasteiger partial charge in [0.25, 0.3) is 15.9 Å². The first-order valence-corrected chi connectivity index (χ1v) is 10.4. The Morgan fingerprint density at radius 1 is 1.14 bits per heavy atom. The van der Waals surface area contributed by atoms with Crippen LogP contribution < -0.4 is 5.32 Å². The molecule has 1 aliphatic rings. The molecule has 14 heteroatoms. The Morgan fingerprint density at radius 2 is 1.76 bits per heavy atom. The van der Waals surface area contributed by atoms with Crippen LogP contribution in [0.3, 0.4) is 0 Å². The number of hydrogen-bond acceptors (Lipinski definition) is 6. The van der Waals surface area contributed by atoms with Gasteiger partial charge in [-0.3, -0.25) is 18.9 Å². The van der Waals surface area contributed by atoms with Gasteiger partial charge in [-0.2, -0.15) is 0 Å². The molecule has 2 aromatic rings. The molecule has 0 atom stereocenters. The van der Waals surface area contributed by atoms with Crippen LogP contribution in [0.1, 0.15) is 5.56 Å². The number of nitrogens with zero attached hydrogens (tertiary/aromatic N) is 2. The fraction of sp³-hybridized carbons (Fsp3) is 0.0667. The minimum absolute atomic E-state index is 0. The number of anilines is 1. The van der Waals surface area contributed by atoms with E-state index in [1.165, 1.54) is 36.5 Å². The van der Waals surface area contributed by atoms with Crippen molar-refractivity contribution in [3.63, 3.8) is 0 Å². The summed E-state index contributed by atoms with van der Waals surface area (Å²) < 4.78 is 42.2. The molecule has 29 heavy (non-hydrogen) atoms. The zero-order chi connectivity index (χ0) is 19.8. The summed E-state index contributed by atoms with van der Waals surface area (Å²) in [7, 11) is -8.14. The van der Waals surface area contributed by atoms with Crippen LogP contribution in [0.2, 0.25) is 0 Å². The van der Waals surface area contributed by atoms with Gasteiger partial charge >= 0.3 is 83.3 Å². The van der Waals surface area contributed by atoms with Gasteiger partial charge in [0.15, 0.2) is 11.5 Å². The van der Waals surface area contributed by atoms with Crippen LogP contribution in [0, 0.1) is 0 Å². The third-order valence-corrected chi connectivity index (χ3v) is 5.87. The Hall–Kier alpha value is -0.201. The Bertz CT molecular complexity index is 1090. The topological polar surface area (TPSA) is 146 Å². The SMILES string of the molecule is CN1C(C(=O)Nc2ccccn2)=C(OP(=O)(O)O)c2ccccc2S1(=O)=O.[CaH2].[CaH2]. The van der Waals surface area contributed by atoms with Crippen molar-refractivity contribution < 1.29 is 32.1 Å². The van der Waals surface area contributed by atoms with Gasteiger partial charge in [-0.05, 0) is 24.3 Å². The van der Waals surface area contributed by atoms with E-state index >= 15 is 0 Å². The van der Waals surface area contributed by atoms with E-state index in [2.05, 4.69) is 10.3 Å². The van der Waals surface area contributed by atoms with Gasteiger partial charge in [0, 0.05) is 18.8 Å².